The number of carbonyl (C=O) groups is 1. The molecule has 11 heavy (non-hydrogen) atoms. The summed E-state index contributed by atoms with van der Waals surface area (Å²) in [5.41, 5.74) is 3.42. The van der Waals surface area contributed by atoms with E-state index in [0.29, 0.717) is 0 Å². The summed E-state index contributed by atoms with van der Waals surface area (Å²) < 4.78 is 0. The van der Waals surface area contributed by atoms with Crippen molar-refractivity contribution in [3.05, 3.63) is 29.1 Å². The molecule has 0 saturated carbocycles. The van der Waals surface area contributed by atoms with Crippen LogP contribution in [0.1, 0.15) is 16.8 Å². The Labute approximate surface area is 65.9 Å². The summed E-state index contributed by atoms with van der Waals surface area (Å²) in [6, 6.07) is 0. The third-order valence-electron chi connectivity index (χ3n) is 1.78. The van der Waals surface area contributed by atoms with Gasteiger partial charge in [0, 0.05) is 11.9 Å². The summed E-state index contributed by atoms with van der Waals surface area (Å²) in [7, 11) is 0. The summed E-state index contributed by atoms with van der Waals surface area (Å²) in [5, 5.41) is 0. The van der Waals surface area contributed by atoms with Gasteiger partial charge in [0.25, 0.3) is 0 Å². The third kappa shape index (κ3) is 1.58. The van der Waals surface area contributed by atoms with Crippen molar-refractivity contribution in [2.75, 3.05) is 0 Å². The Balaban J connectivity index is 2.95. The van der Waals surface area contributed by atoms with Crippen LogP contribution in [0.25, 0.3) is 6.08 Å². The van der Waals surface area contributed by atoms with Crippen molar-refractivity contribution in [3.8, 4) is 0 Å². The number of carbonyl (C=O) groups excluding carboxylic acids is 1. The molecule has 2 heteroatoms. The van der Waals surface area contributed by atoms with Crippen LogP contribution >= 0.6 is 0 Å². The number of hydrogen-bond acceptors (Lipinski definition) is 1. The van der Waals surface area contributed by atoms with Gasteiger partial charge in [-0.15, -0.1) is 0 Å². The van der Waals surface area contributed by atoms with Gasteiger partial charge in [-0.3, -0.25) is 4.79 Å². The highest BCUT2D eigenvalue weighted by molar-refractivity contribution is 5.73. The van der Waals surface area contributed by atoms with Crippen LogP contribution < -0.4 is 0 Å². The Bertz CT molecular complexity index is 284. The molecular weight excluding hydrogens is 138 g/mol. The van der Waals surface area contributed by atoms with Crippen molar-refractivity contribution in [3.63, 3.8) is 0 Å². The van der Waals surface area contributed by atoms with Crippen molar-refractivity contribution in [2.24, 2.45) is 0 Å². The van der Waals surface area contributed by atoms with E-state index in [9.17, 15) is 4.79 Å². The molecule has 0 saturated heterocycles. The van der Waals surface area contributed by atoms with Gasteiger partial charge < -0.3 is 4.98 Å². The van der Waals surface area contributed by atoms with E-state index >= 15 is 0 Å². The van der Waals surface area contributed by atoms with Crippen molar-refractivity contribution in [2.45, 2.75) is 13.8 Å². The van der Waals surface area contributed by atoms with Gasteiger partial charge in [-0.25, -0.2) is 0 Å². The molecule has 1 heterocycles. The number of aromatic nitrogens is 1. The number of allylic oxidation sites excluding steroid dienone is 1. The topological polar surface area (TPSA) is 32.9 Å². The smallest absolute Gasteiger partial charge is 0.142 e. The second-order valence-electron chi connectivity index (χ2n) is 2.51. The number of hydrogen-bond donors (Lipinski definition) is 1. The summed E-state index contributed by atoms with van der Waals surface area (Å²) in [6.45, 7) is 4.06. The summed E-state index contributed by atoms with van der Waals surface area (Å²) >= 11 is 0. The molecule has 1 aromatic rings. The lowest BCUT2D eigenvalue weighted by Crippen LogP contribution is -1.76. The molecule has 2 nitrogen and oxygen atoms in total. The van der Waals surface area contributed by atoms with E-state index in [1.807, 2.05) is 20.0 Å². The molecule has 0 atom stereocenters. The zero-order valence-corrected chi connectivity index (χ0v) is 6.72. The summed E-state index contributed by atoms with van der Waals surface area (Å²) in [6.07, 6.45) is 5.96. The highest BCUT2D eigenvalue weighted by Crippen LogP contribution is 2.11. The van der Waals surface area contributed by atoms with E-state index in [2.05, 4.69) is 4.98 Å². The van der Waals surface area contributed by atoms with E-state index in [0.717, 1.165) is 12.0 Å². The maximum Gasteiger partial charge on any atom is 0.142 e. The first kappa shape index (κ1) is 7.79. The van der Waals surface area contributed by atoms with Crippen LogP contribution in [-0.4, -0.2) is 11.3 Å². The largest absolute Gasteiger partial charge is 0.361 e. The molecule has 1 rings (SSSR count). The molecule has 58 valence electrons. The second-order valence-corrected chi connectivity index (χ2v) is 2.51. The fourth-order valence-electron chi connectivity index (χ4n) is 0.924. The first-order valence-corrected chi connectivity index (χ1v) is 3.52. The Morgan fingerprint density at radius 3 is 2.64 bits per heavy atom. The molecule has 0 fully saturated rings. The average Bonchev–Trinajstić information content (AvgIpc) is 2.31. The minimum Gasteiger partial charge on any atom is -0.361 e. The Morgan fingerprint density at radius 2 is 2.18 bits per heavy atom. The molecule has 0 aliphatic heterocycles. The van der Waals surface area contributed by atoms with Gasteiger partial charge in [0.2, 0.25) is 0 Å². The minimum absolute atomic E-state index is 0.773. The minimum atomic E-state index is 0.773. The number of aldehydes is 1. The number of H-pyrrole nitrogens is 1. The van der Waals surface area contributed by atoms with Gasteiger partial charge in [0.1, 0.15) is 6.29 Å². The van der Waals surface area contributed by atoms with E-state index in [4.69, 9.17) is 0 Å². The maximum absolute atomic E-state index is 10.00. The van der Waals surface area contributed by atoms with Crippen molar-refractivity contribution < 1.29 is 4.79 Å². The number of aromatic amines is 1. The van der Waals surface area contributed by atoms with Crippen LogP contribution in [0.15, 0.2) is 12.3 Å². The van der Waals surface area contributed by atoms with Crippen molar-refractivity contribution in [1.82, 2.24) is 4.98 Å². The number of nitrogens with one attached hydrogen (secondary N) is 1. The van der Waals surface area contributed by atoms with Crippen LogP contribution in [0.5, 0.6) is 0 Å². The maximum atomic E-state index is 10.00. The lowest BCUT2D eigenvalue weighted by molar-refractivity contribution is -0.104. The normalized spacial score (nSPS) is 10.7. The van der Waals surface area contributed by atoms with Crippen molar-refractivity contribution >= 4 is 12.4 Å². The molecule has 0 bridgehead atoms. The van der Waals surface area contributed by atoms with Gasteiger partial charge >= 0.3 is 0 Å². The van der Waals surface area contributed by atoms with Crippen molar-refractivity contribution in [1.29, 1.82) is 0 Å². The van der Waals surface area contributed by atoms with E-state index < -0.39 is 0 Å². The van der Waals surface area contributed by atoms with E-state index in [1.165, 1.54) is 17.2 Å². The highest BCUT2D eigenvalue weighted by Gasteiger charge is 1.97. The van der Waals surface area contributed by atoms with E-state index in [1.54, 1.807) is 6.08 Å². The van der Waals surface area contributed by atoms with Crippen LogP contribution in [0.2, 0.25) is 0 Å². The van der Waals surface area contributed by atoms with Gasteiger partial charge in [0.05, 0.1) is 0 Å². The van der Waals surface area contributed by atoms with Crippen LogP contribution in [0, 0.1) is 13.8 Å². The highest BCUT2D eigenvalue weighted by atomic mass is 16.1. The molecule has 0 radical (unpaired) electrons. The molecule has 0 unspecified atom stereocenters. The van der Waals surface area contributed by atoms with Crippen LogP contribution in [-0.2, 0) is 4.79 Å². The van der Waals surface area contributed by atoms with Gasteiger partial charge in [-0.05, 0) is 37.1 Å². The molecule has 0 aliphatic rings. The Hall–Kier alpha value is -1.31. The zero-order valence-electron chi connectivity index (χ0n) is 6.72. The van der Waals surface area contributed by atoms with Gasteiger partial charge in [-0.2, -0.15) is 0 Å². The Morgan fingerprint density at radius 1 is 1.45 bits per heavy atom. The molecule has 0 amide bonds. The lowest BCUT2D eigenvalue weighted by Gasteiger charge is -1.89. The van der Waals surface area contributed by atoms with Gasteiger partial charge in [-0.1, -0.05) is 0 Å². The molecule has 1 aromatic heterocycles. The number of aryl methyl sites for hydroxylation is 1. The fraction of sp³-hybridized carbons (Fsp3) is 0.222. The standard InChI is InChI=1S/C9H11NO/c1-7-6-10-9(8(7)2)4-3-5-11/h3-6,10H,1-2H3/b4-3+. The number of rotatable bonds is 2. The first-order valence-electron chi connectivity index (χ1n) is 3.52. The SMILES string of the molecule is Cc1c[nH]c(/C=C/C=O)c1C. The lowest BCUT2D eigenvalue weighted by atomic mass is 10.2. The first-order chi connectivity index (χ1) is 5.25. The van der Waals surface area contributed by atoms with Crippen LogP contribution in [0.3, 0.4) is 0 Å². The summed E-state index contributed by atoms with van der Waals surface area (Å²) in [5.74, 6) is 0. The predicted molar refractivity (Wildman–Crippen MR) is 45.4 cm³/mol. The monoisotopic (exact) mass is 149 g/mol. The molecule has 1 N–H and O–H groups in total. The van der Waals surface area contributed by atoms with E-state index in [-0.39, 0.29) is 0 Å². The second kappa shape index (κ2) is 3.19. The average molecular weight is 149 g/mol. The predicted octanol–water partition coefficient (Wildman–Crippen LogP) is 1.84. The quantitative estimate of drug-likeness (QED) is 0.505. The molecule has 0 spiro atoms. The third-order valence-corrected chi connectivity index (χ3v) is 1.78. The summed E-state index contributed by atoms with van der Waals surface area (Å²) in [4.78, 5) is 13.1. The molecule has 0 aromatic carbocycles. The van der Waals surface area contributed by atoms with Crippen LogP contribution in [0.4, 0.5) is 0 Å². The Kier molecular flexibility index (Phi) is 2.26. The van der Waals surface area contributed by atoms with Gasteiger partial charge in [0.15, 0.2) is 0 Å². The molecule has 0 aliphatic carbocycles. The molecular formula is C9H11NO. The zero-order chi connectivity index (χ0) is 8.27. The fourth-order valence-corrected chi connectivity index (χ4v) is 0.924.